The number of nitro benzene ring substituents is 1. The number of benzene rings is 2. The maximum Gasteiger partial charge on any atom is 0.282 e. The van der Waals surface area contributed by atoms with Gasteiger partial charge >= 0.3 is 0 Å². The topological polar surface area (TPSA) is 86.0 Å². The molecule has 0 amide bonds. The van der Waals surface area contributed by atoms with Crippen molar-refractivity contribution in [2.75, 3.05) is 19.6 Å². The fraction of sp³-hybridized carbons (Fsp3) is 0.188. The number of nitro groups is 1. The van der Waals surface area contributed by atoms with Crippen LogP contribution in [0.25, 0.3) is 0 Å². The molecule has 0 saturated heterocycles. The van der Waals surface area contributed by atoms with E-state index in [2.05, 4.69) is 10.5 Å². The highest BCUT2D eigenvalue weighted by Gasteiger charge is 2.18. The molecule has 126 valence electrons. The van der Waals surface area contributed by atoms with Gasteiger partial charge in [-0.3, -0.25) is 15.5 Å². The van der Waals surface area contributed by atoms with Crippen molar-refractivity contribution in [3.05, 3.63) is 56.6 Å². The average Bonchev–Trinajstić information content (AvgIpc) is 2.57. The summed E-state index contributed by atoms with van der Waals surface area (Å²) in [6.07, 6.45) is 1.34. The molecule has 0 spiro atoms. The van der Waals surface area contributed by atoms with Crippen molar-refractivity contribution in [1.82, 2.24) is 0 Å². The van der Waals surface area contributed by atoms with Crippen molar-refractivity contribution < 1.29 is 14.4 Å². The Hall–Kier alpha value is -2.80. The summed E-state index contributed by atoms with van der Waals surface area (Å²) in [4.78, 5) is 10.7. The van der Waals surface area contributed by atoms with Crippen LogP contribution < -0.4 is 14.9 Å². The summed E-state index contributed by atoms with van der Waals surface area (Å²) in [7, 11) is 2.87. The van der Waals surface area contributed by atoms with E-state index in [1.54, 1.807) is 6.07 Å². The maximum absolute atomic E-state index is 11.2. The minimum absolute atomic E-state index is 0.139. The molecule has 0 aliphatic carbocycles. The molecule has 7 nitrogen and oxygen atoms in total. The van der Waals surface area contributed by atoms with E-state index in [4.69, 9.17) is 21.1 Å². The minimum atomic E-state index is -0.508. The summed E-state index contributed by atoms with van der Waals surface area (Å²) in [6, 6.07) is 8.16. The van der Waals surface area contributed by atoms with E-state index in [1.165, 1.54) is 32.6 Å². The number of ether oxygens (including phenoxy) is 2. The van der Waals surface area contributed by atoms with Gasteiger partial charge in [-0.15, -0.1) is 0 Å². The Morgan fingerprint density at radius 3 is 2.46 bits per heavy atom. The van der Waals surface area contributed by atoms with Crippen molar-refractivity contribution >= 4 is 29.2 Å². The number of aryl methyl sites for hydroxylation is 1. The lowest BCUT2D eigenvalue weighted by molar-refractivity contribution is -0.385. The van der Waals surface area contributed by atoms with Crippen LogP contribution in [-0.4, -0.2) is 25.4 Å². The first-order valence-corrected chi connectivity index (χ1v) is 7.29. The first-order chi connectivity index (χ1) is 11.5. The lowest BCUT2D eigenvalue weighted by atomic mass is 10.1. The molecule has 0 fully saturated rings. The summed E-state index contributed by atoms with van der Waals surface area (Å²) in [5.74, 6) is 0.655. The molecule has 0 aromatic heterocycles. The van der Waals surface area contributed by atoms with Gasteiger partial charge in [-0.2, -0.15) is 5.10 Å². The molecule has 24 heavy (non-hydrogen) atoms. The third-order valence-corrected chi connectivity index (χ3v) is 3.71. The second kappa shape index (κ2) is 7.65. The number of nitrogens with zero attached hydrogens (tertiary/aromatic N) is 2. The third-order valence-electron chi connectivity index (χ3n) is 3.30. The van der Waals surface area contributed by atoms with Crippen molar-refractivity contribution in [2.24, 2.45) is 5.10 Å². The Bertz CT molecular complexity index is 793. The molecule has 0 aliphatic rings. The van der Waals surface area contributed by atoms with E-state index in [-0.39, 0.29) is 17.0 Å². The Balaban J connectivity index is 2.29. The zero-order valence-corrected chi connectivity index (χ0v) is 14.1. The van der Waals surface area contributed by atoms with Gasteiger partial charge in [0, 0.05) is 5.02 Å². The molecule has 2 rings (SSSR count). The largest absolute Gasteiger partial charge is 0.493 e. The number of methoxy groups -OCH3 is 2. The lowest BCUT2D eigenvalue weighted by Crippen LogP contribution is -2.00. The van der Waals surface area contributed by atoms with Crippen molar-refractivity contribution in [3.8, 4) is 11.5 Å². The fourth-order valence-corrected chi connectivity index (χ4v) is 2.16. The van der Waals surface area contributed by atoms with E-state index in [9.17, 15) is 10.1 Å². The van der Waals surface area contributed by atoms with Gasteiger partial charge < -0.3 is 9.47 Å². The van der Waals surface area contributed by atoms with Crippen LogP contribution in [0.3, 0.4) is 0 Å². The summed E-state index contributed by atoms with van der Waals surface area (Å²) < 4.78 is 10.2. The molecule has 2 aromatic rings. The van der Waals surface area contributed by atoms with E-state index in [0.717, 1.165) is 5.56 Å². The highest BCUT2D eigenvalue weighted by atomic mass is 35.5. The predicted octanol–water partition coefficient (Wildman–Crippen LogP) is 4.02. The van der Waals surface area contributed by atoms with Gasteiger partial charge in [0.15, 0.2) is 11.5 Å². The van der Waals surface area contributed by atoms with Crippen molar-refractivity contribution in [1.29, 1.82) is 0 Å². The first kappa shape index (κ1) is 17.6. The van der Waals surface area contributed by atoms with E-state index < -0.39 is 4.92 Å². The Morgan fingerprint density at radius 1 is 1.21 bits per heavy atom. The fourth-order valence-electron chi connectivity index (χ4n) is 1.98. The number of hydrogen-bond donors (Lipinski definition) is 1. The molecular formula is C16H16ClN3O4. The molecule has 0 heterocycles. The van der Waals surface area contributed by atoms with Gasteiger partial charge in [-0.25, -0.2) is 0 Å². The van der Waals surface area contributed by atoms with Crippen LogP contribution in [0, 0.1) is 17.0 Å². The van der Waals surface area contributed by atoms with Crippen LogP contribution in [0.1, 0.15) is 11.1 Å². The highest BCUT2D eigenvalue weighted by molar-refractivity contribution is 6.31. The van der Waals surface area contributed by atoms with Gasteiger partial charge in [0.1, 0.15) is 0 Å². The van der Waals surface area contributed by atoms with Crippen LogP contribution in [0.4, 0.5) is 11.4 Å². The molecule has 1 N–H and O–H groups in total. The second-order valence-corrected chi connectivity index (χ2v) is 5.26. The SMILES string of the molecule is COc1cc(/C=N\Nc2ccc(C)c(Cl)c2)c([N+](=O)[O-])cc1OC. The maximum atomic E-state index is 11.2. The van der Waals surface area contributed by atoms with Gasteiger partial charge in [-0.05, 0) is 30.7 Å². The Morgan fingerprint density at radius 2 is 1.88 bits per heavy atom. The zero-order chi connectivity index (χ0) is 17.7. The Kier molecular flexibility index (Phi) is 5.59. The van der Waals surface area contributed by atoms with Crippen LogP contribution in [0.5, 0.6) is 11.5 Å². The molecule has 0 aliphatic heterocycles. The van der Waals surface area contributed by atoms with E-state index in [0.29, 0.717) is 16.5 Å². The monoisotopic (exact) mass is 349 g/mol. The molecule has 0 bridgehead atoms. The van der Waals surface area contributed by atoms with Crippen LogP contribution >= 0.6 is 11.6 Å². The summed E-state index contributed by atoms with van der Waals surface area (Å²) in [5.41, 5.74) is 4.54. The van der Waals surface area contributed by atoms with Crippen LogP contribution in [-0.2, 0) is 0 Å². The first-order valence-electron chi connectivity index (χ1n) is 6.92. The number of hydrazone groups is 1. The molecule has 0 saturated carbocycles. The quantitative estimate of drug-likeness (QED) is 0.483. The normalized spacial score (nSPS) is 10.7. The third kappa shape index (κ3) is 3.94. The molecular weight excluding hydrogens is 334 g/mol. The van der Waals surface area contributed by atoms with E-state index >= 15 is 0 Å². The summed E-state index contributed by atoms with van der Waals surface area (Å²) in [5, 5.41) is 15.8. The average molecular weight is 350 g/mol. The minimum Gasteiger partial charge on any atom is -0.493 e. The predicted molar refractivity (Wildman–Crippen MR) is 93.6 cm³/mol. The van der Waals surface area contributed by atoms with E-state index in [1.807, 2.05) is 19.1 Å². The second-order valence-electron chi connectivity index (χ2n) is 4.86. The van der Waals surface area contributed by atoms with Gasteiger partial charge in [-0.1, -0.05) is 17.7 Å². The van der Waals surface area contributed by atoms with Gasteiger partial charge in [0.05, 0.1) is 42.7 Å². The summed E-state index contributed by atoms with van der Waals surface area (Å²) >= 11 is 6.04. The number of halogens is 1. The van der Waals surface area contributed by atoms with Crippen LogP contribution in [0.15, 0.2) is 35.4 Å². The highest BCUT2D eigenvalue weighted by Crippen LogP contribution is 2.33. The molecule has 0 radical (unpaired) electrons. The molecule has 2 aromatic carbocycles. The van der Waals surface area contributed by atoms with Gasteiger partial charge in [0.2, 0.25) is 0 Å². The molecule has 0 unspecified atom stereocenters. The number of hydrogen-bond acceptors (Lipinski definition) is 6. The van der Waals surface area contributed by atoms with Crippen molar-refractivity contribution in [3.63, 3.8) is 0 Å². The smallest absolute Gasteiger partial charge is 0.282 e. The van der Waals surface area contributed by atoms with Crippen LogP contribution in [0.2, 0.25) is 5.02 Å². The standard InChI is InChI=1S/C16H16ClN3O4/c1-10-4-5-12(7-13(10)17)19-18-9-11-6-15(23-2)16(24-3)8-14(11)20(21)22/h4-9,19H,1-3H3/b18-9-. The zero-order valence-electron chi connectivity index (χ0n) is 13.4. The Labute approximate surface area is 144 Å². The van der Waals surface area contributed by atoms with Gasteiger partial charge in [0.25, 0.3) is 5.69 Å². The molecule has 8 heteroatoms. The number of rotatable bonds is 6. The lowest BCUT2D eigenvalue weighted by Gasteiger charge is -2.08. The molecule has 0 atom stereocenters. The number of nitrogens with one attached hydrogen (secondary N) is 1. The number of anilines is 1. The van der Waals surface area contributed by atoms with Crippen molar-refractivity contribution in [2.45, 2.75) is 6.92 Å². The summed E-state index contributed by atoms with van der Waals surface area (Å²) in [6.45, 7) is 1.89.